The minimum absolute atomic E-state index is 0.0348. The Bertz CT molecular complexity index is 855. The van der Waals surface area contributed by atoms with Gasteiger partial charge in [0.1, 0.15) is 0 Å². The van der Waals surface area contributed by atoms with Gasteiger partial charge in [-0.2, -0.15) is 0 Å². The molecule has 0 aromatic heterocycles. The van der Waals surface area contributed by atoms with Crippen LogP contribution in [0.1, 0.15) is 35.7 Å². The van der Waals surface area contributed by atoms with Gasteiger partial charge in [0.2, 0.25) is 11.8 Å². The van der Waals surface area contributed by atoms with E-state index in [1.807, 2.05) is 6.92 Å². The molecule has 3 amide bonds. The van der Waals surface area contributed by atoms with Crippen molar-refractivity contribution in [2.24, 2.45) is 5.92 Å². The van der Waals surface area contributed by atoms with E-state index in [2.05, 4.69) is 16.0 Å². The molecular weight excluding hydrogens is 330 g/mol. The van der Waals surface area contributed by atoms with Crippen LogP contribution in [0.3, 0.4) is 0 Å². The van der Waals surface area contributed by atoms with Gasteiger partial charge in [-0.15, -0.1) is 0 Å². The number of anilines is 3. The smallest absolute Gasteiger partial charge is 0.255 e. The summed E-state index contributed by atoms with van der Waals surface area (Å²) in [5.74, 6) is -0.252. The number of rotatable bonds is 5. The van der Waals surface area contributed by atoms with E-state index in [0.29, 0.717) is 22.6 Å². The summed E-state index contributed by atoms with van der Waals surface area (Å²) in [5, 5.41) is 8.43. The molecule has 6 heteroatoms. The van der Waals surface area contributed by atoms with Gasteiger partial charge in [0.25, 0.3) is 5.91 Å². The Morgan fingerprint density at radius 3 is 2.08 bits per heavy atom. The van der Waals surface area contributed by atoms with Gasteiger partial charge in [-0.3, -0.25) is 14.4 Å². The van der Waals surface area contributed by atoms with Crippen molar-refractivity contribution in [3.05, 3.63) is 53.6 Å². The van der Waals surface area contributed by atoms with E-state index in [1.165, 1.54) is 6.92 Å². The first-order valence-corrected chi connectivity index (χ1v) is 8.53. The van der Waals surface area contributed by atoms with Gasteiger partial charge in [-0.1, -0.05) is 6.07 Å². The molecule has 0 spiro atoms. The summed E-state index contributed by atoms with van der Waals surface area (Å²) in [5.41, 5.74) is 3.24. The second-order valence-electron chi connectivity index (χ2n) is 6.45. The van der Waals surface area contributed by atoms with Crippen LogP contribution in [-0.2, 0) is 9.59 Å². The fourth-order valence-electron chi connectivity index (χ4n) is 2.59. The predicted octanol–water partition coefficient (Wildman–Crippen LogP) is 3.55. The monoisotopic (exact) mass is 351 g/mol. The van der Waals surface area contributed by atoms with Gasteiger partial charge in [0, 0.05) is 35.5 Å². The molecule has 0 radical (unpaired) electrons. The second kappa shape index (κ2) is 7.39. The van der Waals surface area contributed by atoms with E-state index in [0.717, 1.165) is 18.4 Å². The molecule has 6 nitrogen and oxygen atoms in total. The van der Waals surface area contributed by atoms with E-state index in [4.69, 9.17) is 0 Å². The van der Waals surface area contributed by atoms with Crippen molar-refractivity contribution in [1.82, 2.24) is 0 Å². The lowest BCUT2D eigenvalue weighted by Gasteiger charge is -2.13. The van der Waals surface area contributed by atoms with Gasteiger partial charge in [0.15, 0.2) is 0 Å². The molecule has 1 aliphatic carbocycles. The van der Waals surface area contributed by atoms with Crippen molar-refractivity contribution >= 4 is 34.8 Å². The van der Waals surface area contributed by atoms with E-state index in [9.17, 15) is 14.4 Å². The van der Waals surface area contributed by atoms with Crippen molar-refractivity contribution in [2.45, 2.75) is 26.7 Å². The Morgan fingerprint density at radius 2 is 1.50 bits per heavy atom. The fraction of sp³-hybridized carbons (Fsp3) is 0.250. The molecule has 2 aromatic rings. The first-order valence-electron chi connectivity index (χ1n) is 8.53. The molecule has 0 atom stereocenters. The summed E-state index contributed by atoms with van der Waals surface area (Å²) in [6.45, 7) is 3.27. The minimum Gasteiger partial charge on any atom is -0.326 e. The number of amides is 3. The zero-order chi connectivity index (χ0) is 18.7. The summed E-state index contributed by atoms with van der Waals surface area (Å²) in [4.78, 5) is 35.5. The van der Waals surface area contributed by atoms with Gasteiger partial charge in [-0.05, 0) is 61.7 Å². The first-order chi connectivity index (χ1) is 12.4. The standard InChI is InChI=1S/C20H21N3O3/c1-12-17(21-13(2)24)4-3-5-18(12)23-20(26)15-8-10-16(11-9-15)22-19(25)14-6-7-14/h3-5,8-11,14H,6-7H2,1-2H3,(H,21,24)(H,22,25)(H,23,26). The molecule has 0 bridgehead atoms. The largest absolute Gasteiger partial charge is 0.326 e. The molecule has 2 aromatic carbocycles. The number of benzene rings is 2. The lowest BCUT2D eigenvalue weighted by molar-refractivity contribution is -0.117. The highest BCUT2D eigenvalue weighted by Gasteiger charge is 2.29. The van der Waals surface area contributed by atoms with E-state index in [1.54, 1.807) is 42.5 Å². The summed E-state index contributed by atoms with van der Waals surface area (Å²) in [6.07, 6.45) is 1.90. The first kappa shape index (κ1) is 17.7. The molecule has 1 fully saturated rings. The number of nitrogens with one attached hydrogen (secondary N) is 3. The lowest BCUT2D eigenvalue weighted by Crippen LogP contribution is -2.15. The summed E-state index contributed by atoms with van der Waals surface area (Å²) < 4.78 is 0. The van der Waals surface area contributed by atoms with Crippen LogP contribution in [0.25, 0.3) is 0 Å². The highest BCUT2D eigenvalue weighted by molar-refractivity contribution is 6.05. The maximum atomic E-state index is 12.5. The topological polar surface area (TPSA) is 87.3 Å². The molecule has 0 heterocycles. The Hall–Kier alpha value is -3.15. The molecule has 0 saturated heterocycles. The third-order valence-electron chi connectivity index (χ3n) is 4.26. The van der Waals surface area contributed by atoms with Crippen molar-refractivity contribution in [2.75, 3.05) is 16.0 Å². The third-order valence-corrected chi connectivity index (χ3v) is 4.26. The highest BCUT2D eigenvalue weighted by Crippen LogP contribution is 2.30. The summed E-state index contributed by atoms with van der Waals surface area (Å²) >= 11 is 0. The normalized spacial score (nSPS) is 13.0. The van der Waals surface area contributed by atoms with Gasteiger partial charge < -0.3 is 16.0 Å². The number of carbonyl (C=O) groups excluding carboxylic acids is 3. The lowest BCUT2D eigenvalue weighted by atomic mass is 10.1. The average molecular weight is 351 g/mol. The van der Waals surface area contributed by atoms with Crippen LogP contribution in [-0.4, -0.2) is 17.7 Å². The maximum Gasteiger partial charge on any atom is 0.255 e. The van der Waals surface area contributed by atoms with Crippen LogP contribution in [0.5, 0.6) is 0 Å². The fourth-order valence-corrected chi connectivity index (χ4v) is 2.59. The Kier molecular flexibility index (Phi) is 5.02. The molecule has 1 saturated carbocycles. The average Bonchev–Trinajstić information content (AvgIpc) is 3.44. The van der Waals surface area contributed by atoms with Gasteiger partial charge in [-0.25, -0.2) is 0 Å². The summed E-state index contributed by atoms with van der Waals surface area (Å²) in [7, 11) is 0. The number of hydrogen-bond acceptors (Lipinski definition) is 3. The van der Waals surface area contributed by atoms with Crippen molar-refractivity contribution in [3.63, 3.8) is 0 Å². The van der Waals surface area contributed by atoms with Crippen LogP contribution >= 0.6 is 0 Å². The third kappa shape index (κ3) is 4.27. The predicted molar refractivity (Wildman–Crippen MR) is 101 cm³/mol. The quantitative estimate of drug-likeness (QED) is 0.770. The number of hydrogen-bond donors (Lipinski definition) is 3. The van der Waals surface area contributed by atoms with E-state index >= 15 is 0 Å². The van der Waals surface area contributed by atoms with Crippen molar-refractivity contribution in [1.29, 1.82) is 0 Å². The maximum absolute atomic E-state index is 12.5. The van der Waals surface area contributed by atoms with Crippen LogP contribution in [0.15, 0.2) is 42.5 Å². The van der Waals surface area contributed by atoms with E-state index in [-0.39, 0.29) is 23.6 Å². The Labute approximate surface area is 152 Å². The van der Waals surface area contributed by atoms with Crippen molar-refractivity contribution < 1.29 is 14.4 Å². The van der Waals surface area contributed by atoms with Gasteiger partial charge >= 0.3 is 0 Å². The molecule has 1 aliphatic rings. The minimum atomic E-state index is -0.256. The SMILES string of the molecule is CC(=O)Nc1cccc(NC(=O)c2ccc(NC(=O)C3CC3)cc2)c1C. The van der Waals surface area contributed by atoms with Crippen LogP contribution in [0.4, 0.5) is 17.1 Å². The van der Waals surface area contributed by atoms with Gasteiger partial charge in [0.05, 0.1) is 0 Å². The number of carbonyl (C=O) groups is 3. The molecule has 0 unspecified atom stereocenters. The van der Waals surface area contributed by atoms with E-state index < -0.39 is 0 Å². The molecule has 26 heavy (non-hydrogen) atoms. The van der Waals surface area contributed by atoms with Crippen LogP contribution in [0, 0.1) is 12.8 Å². The zero-order valence-corrected chi connectivity index (χ0v) is 14.8. The second-order valence-corrected chi connectivity index (χ2v) is 6.45. The molecule has 3 N–H and O–H groups in total. The van der Waals surface area contributed by atoms with Crippen molar-refractivity contribution in [3.8, 4) is 0 Å². The van der Waals surface area contributed by atoms with Crippen LogP contribution in [0.2, 0.25) is 0 Å². The highest BCUT2D eigenvalue weighted by atomic mass is 16.2. The molecule has 3 rings (SSSR count). The Morgan fingerprint density at radius 1 is 0.885 bits per heavy atom. The molecule has 0 aliphatic heterocycles. The Balaban J connectivity index is 1.68. The van der Waals surface area contributed by atoms with Crippen LogP contribution < -0.4 is 16.0 Å². The molecule has 134 valence electrons. The summed E-state index contributed by atoms with van der Waals surface area (Å²) in [6, 6.07) is 12.1. The molecular formula is C20H21N3O3. The zero-order valence-electron chi connectivity index (χ0n) is 14.8.